The largest absolute Gasteiger partial charge is 0.457 e. The molecule has 11 N–H and O–H groups in total. The van der Waals surface area contributed by atoms with Gasteiger partial charge in [-0.15, -0.1) is 0 Å². The first-order chi connectivity index (χ1) is 49.9. The van der Waals surface area contributed by atoms with Crippen LogP contribution in [0.2, 0.25) is 0 Å². The van der Waals surface area contributed by atoms with Crippen molar-refractivity contribution in [2.45, 2.75) is 83.4 Å². The van der Waals surface area contributed by atoms with Gasteiger partial charge in [0, 0.05) is 144 Å². The molecule has 2 saturated carbocycles. The molecule has 0 saturated heterocycles. The van der Waals surface area contributed by atoms with Crippen LogP contribution in [0.25, 0.3) is 0 Å². The maximum Gasteiger partial charge on any atom is 0.408 e. The molecule has 0 aromatic carbocycles. The number of alkyl carbamates (subject to hydrolysis) is 1. The minimum Gasteiger partial charge on any atom is -0.457 e. The molecular weight excluding hydrogens is 1360 g/mol. The molecule has 2 fully saturated rings. The third-order valence-electron chi connectivity index (χ3n) is 17.4. The lowest BCUT2D eigenvalue weighted by Gasteiger charge is -2.25. The molecule has 0 aliphatic heterocycles. The second kappa shape index (κ2) is 32.0. The predicted octanol–water partition coefficient (Wildman–Crippen LogP) is 4.92. The molecule has 2 bridgehead atoms. The Morgan fingerprint density at radius 3 is 1.51 bits per heavy atom. The van der Waals surface area contributed by atoms with Gasteiger partial charge in [0.15, 0.2) is 17.5 Å². The Morgan fingerprint density at radius 1 is 0.514 bits per heavy atom. The molecule has 554 valence electrons. The molecule has 11 amide bonds. The zero-order valence-corrected chi connectivity index (χ0v) is 59.6. The molecule has 8 aromatic heterocycles. The number of hydrogen-bond donors (Lipinski definition) is 11. The van der Waals surface area contributed by atoms with Gasteiger partial charge in [0.05, 0.1) is 28.4 Å². The highest BCUT2D eigenvalue weighted by Crippen LogP contribution is 2.51. The van der Waals surface area contributed by atoms with Gasteiger partial charge in [-0.2, -0.15) is 0 Å². The van der Waals surface area contributed by atoms with E-state index in [1.807, 2.05) is 0 Å². The number of amides is 11. The van der Waals surface area contributed by atoms with Crippen molar-refractivity contribution in [1.82, 2.24) is 72.8 Å². The number of anilines is 7. The van der Waals surface area contributed by atoms with Crippen LogP contribution in [0.5, 0.6) is 0 Å². The first kappa shape index (κ1) is 74.9. The van der Waals surface area contributed by atoms with E-state index in [0.717, 1.165) is 25.7 Å². The number of hydrogen-bond acceptors (Lipinski definition) is 17. The maximum absolute atomic E-state index is 14.3. The summed E-state index contributed by atoms with van der Waals surface area (Å²) < 4.78 is 22.8. The fourth-order valence-electron chi connectivity index (χ4n) is 12.5. The Hall–Kier alpha value is -12.8. The Labute approximate surface area is 601 Å². The van der Waals surface area contributed by atoms with Crippen molar-refractivity contribution in [2.24, 2.45) is 61.2 Å². The first-order valence-corrected chi connectivity index (χ1v) is 33.6. The molecule has 0 spiro atoms. The molecule has 8 aromatic rings. The molecule has 105 heavy (non-hydrogen) atoms. The van der Waals surface area contributed by atoms with Gasteiger partial charge in [0.2, 0.25) is 29.4 Å². The molecule has 36 heteroatoms. The van der Waals surface area contributed by atoms with Gasteiger partial charge in [0.25, 0.3) is 41.4 Å². The highest BCUT2D eigenvalue weighted by Gasteiger charge is 2.42. The number of esters is 1. The predicted molar refractivity (Wildman–Crippen MR) is 382 cm³/mol. The molecule has 4 atom stereocenters. The molecule has 10 rings (SSSR count). The summed E-state index contributed by atoms with van der Waals surface area (Å²) in [5.74, 6) is -5.12. The summed E-state index contributed by atoms with van der Waals surface area (Å²) in [6.07, 6.45) is 17.7. The lowest BCUT2D eigenvalue weighted by atomic mass is 9.95. The highest BCUT2D eigenvalue weighted by atomic mass is 16.6. The standard InChI is InChI=1S/C69H84N22O14/c1-12-23-104-67(102)51-30-44(35-89(51)10)78-61(96)48-26-40(31-86(48)7)74-54(92)16-19-71-60(95)47-28-43(34-85(47)6)77-62(97)49-29-42(33-88(49)9)76-59(94)45(79-68(103)105-69(2,3)4)15-18-72-65(100)58-81-53(37-91(58)46-25-38-13-14-39(46)24-38)82-63(98)50-27-41(32-87(50)8)75-55(93)17-20-73-64(99)57-80-52(36-90(57)11)83-66(101)56-70-21-22-84(56)5/h12,21-22,26-39,45-46H,1,13-20,23-25H2,2-11H3,(H,71,95)(H,72,100)(H,73,99)(H,74,92)(H,75,93)(H,76,94)(H,77,97)(H,78,96)(H,79,103)(H,82,98)(H,83,101)/t38?,39?,45-,46?/m0/s1. The molecule has 2 aliphatic carbocycles. The van der Waals surface area contributed by atoms with E-state index in [2.05, 4.69) is 80.0 Å². The van der Waals surface area contributed by atoms with Gasteiger partial charge < -0.3 is 104 Å². The number of nitrogens with zero attached hydrogens (tertiary/aromatic N) is 11. The van der Waals surface area contributed by atoms with Gasteiger partial charge in [0.1, 0.15) is 46.7 Å². The number of aryl methyl sites for hydroxylation is 7. The normalized spacial score (nSPS) is 14.7. The van der Waals surface area contributed by atoms with Crippen LogP contribution in [0.3, 0.4) is 0 Å². The van der Waals surface area contributed by atoms with Crippen LogP contribution < -0.4 is 58.5 Å². The second-order valence-electron chi connectivity index (χ2n) is 26.7. The van der Waals surface area contributed by atoms with Crippen molar-refractivity contribution in [3.8, 4) is 0 Å². The van der Waals surface area contributed by atoms with Crippen LogP contribution >= 0.6 is 0 Å². The average molecular weight is 1450 g/mol. The number of ether oxygens (including phenoxy) is 2. The van der Waals surface area contributed by atoms with Crippen LogP contribution in [0.1, 0.15) is 156 Å². The van der Waals surface area contributed by atoms with E-state index in [4.69, 9.17) is 9.47 Å². The van der Waals surface area contributed by atoms with Crippen molar-refractivity contribution in [3.63, 3.8) is 0 Å². The lowest BCUT2D eigenvalue weighted by Crippen LogP contribution is -2.47. The van der Waals surface area contributed by atoms with Crippen molar-refractivity contribution >= 4 is 111 Å². The van der Waals surface area contributed by atoms with Gasteiger partial charge >= 0.3 is 12.1 Å². The first-order valence-electron chi connectivity index (χ1n) is 33.6. The summed E-state index contributed by atoms with van der Waals surface area (Å²) in [5, 5.41) is 29.9. The second-order valence-corrected chi connectivity index (χ2v) is 26.7. The summed E-state index contributed by atoms with van der Waals surface area (Å²) in [7, 11) is 11.3. The van der Waals surface area contributed by atoms with Crippen molar-refractivity contribution < 1.29 is 67.0 Å². The monoisotopic (exact) mass is 1440 g/mol. The van der Waals surface area contributed by atoms with E-state index < -0.39 is 82.8 Å². The Morgan fingerprint density at radius 2 is 0.990 bits per heavy atom. The SMILES string of the molecule is C=CCOC(=O)c1cc(NC(=O)c2cc(NC(=O)CCNC(=O)c3cc(NC(=O)c4cc(NC(=O)[C@H](CCNC(=O)c5nc(NC(=O)c6cc(NC(=O)CCNC(=O)c7nc(NC(=O)c8nccn8C)cn7C)cn6C)cn5C5CC6CCC5C6)NC(=O)OC(C)(C)C)cn4C)cn3C)cn2C)cn1C. The Balaban J connectivity index is 0.704. The quantitative estimate of drug-likeness (QED) is 0.0219. The minimum absolute atomic E-state index is 0.00757. The number of aromatic nitrogens is 11. The maximum atomic E-state index is 14.3. The van der Waals surface area contributed by atoms with E-state index in [0.29, 0.717) is 23.0 Å². The van der Waals surface area contributed by atoms with Crippen LogP contribution in [-0.4, -0.2) is 161 Å². The number of rotatable bonds is 29. The molecule has 36 nitrogen and oxygen atoms in total. The van der Waals surface area contributed by atoms with Gasteiger partial charge in [-0.05, 0) is 88.6 Å². The van der Waals surface area contributed by atoms with Gasteiger partial charge in [-0.25, -0.2) is 24.5 Å². The number of carbonyl (C=O) groups is 12. The summed E-state index contributed by atoms with van der Waals surface area (Å²) in [4.78, 5) is 173. The fraction of sp³-hybridized carbons (Fsp3) is 0.377. The number of carbonyl (C=O) groups excluding carboxylic acids is 12. The van der Waals surface area contributed by atoms with Crippen LogP contribution in [0.15, 0.2) is 98.8 Å². The molecule has 8 heterocycles. The summed E-state index contributed by atoms with van der Waals surface area (Å²) >= 11 is 0. The van der Waals surface area contributed by atoms with Crippen LogP contribution in [0.4, 0.5) is 44.9 Å². The lowest BCUT2D eigenvalue weighted by molar-refractivity contribution is -0.118. The van der Waals surface area contributed by atoms with E-state index in [1.54, 1.807) is 99.5 Å². The number of fused-ring (bicyclic) bond motifs is 2. The highest BCUT2D eigenvalue weighted by molar-refractivity contribution is 6.08. The summed E-state index contributed by atoms with van der Waals surface area (Å²) in [6.45, 7) is 8.22. The van der Waals surface area contributed by atoms with Crippen LogP contribution in [0, 0.1) is 11.8 Å². The van der Waals surface area contributed by atoms with Gasteiger partial charge in [-0.3, -0.25) is 47.9 Å². The van der Waals surface area contributed by atoms with Gasteiger partial charge in [-0.1, -0.05) is 19.1 Å². The van der Waals surface area contributed by atoms with E-state index >= 15 is 0 Å². The molecular formula is C69H84N22O14. The number of nitrogens with one attached hydrogen (secondary N) is 11. The smallest absolute Gasteiger partial charge is 0.408 e. The van der Waals surface area contributed by atoms with E-state index in [1.165, 1.54) is 99.4 Å². The molecule has 2 aliphatic rings. The average Bonchev–Trinajstić information content (AvgIpc) is 1.62. The molecule has 0 radical (unpaired) electrons. The summed E-state index contributed by atoms with van der Waals surface area (Å²) in [5.41, 5.74) is 1.25. The van der Waals surface area contributed by atoms with Crippen molar-refractivity contribution in [1.29, 1.82) is 0 Å². The number of imidazole rings is 3. The van der Waals surface area contributed by atoms with E-state index in [-0.39, 0.29) is 126 Å². The Kier molecular flexibility index (Phi) is 22.9. The molecule has 3 unspecified atom stereocenters. The van der Waals surface area contributed by atoms with Crippen molar-refractivity contribution in [2.75, 3.05) is 63.5 Å². The topological polar surface area (TPSA) is 434 Å². The zero-order chi connectivity index (χ0) is 75.7. The Bertz CT molecular complexity index is 4710. The summed E-state index contributed by atoms with van der Waals surface area (Å²) in [6, 6.07) is 5.87. The van der Waals surface area contributed by atoms with E-state index in [9.17, 15) is 57.5 Å². The zero-order valence-electron chi connectivity index (χ0n) is 59.6. The third kappa shape index (κ3) is 18.7. The minimum atomic E-state index is -1.30. The fourth-order valence-corrected chi connectivity index (χ4v) is 12.5. The van der Waals surface area contributed by atoms with Crippen LogP contribution in [-0.2, 0) is 73.2 Å². The van der Waals surface area contributed by atoms with Crippen molar-refractivity contribution in [3.05, 3.63) is 145 Å². The third-order valence-corrected chi connectivity index (χ3v) is 17.4.